The van der Waals surface area contributed by atoms with Crippen molar-refractivity contribution in [3.8, 4) is 0 Å². The van der Waals surface area contributed by atoms with Gasteiger partial charge in [0.2, 0.25) is 5.91 Å². The van der Waals surface area contributed by atoms with Gasteiger partial charge in [-0.05, 0) is 31.4 Å². The van der Waals surface area contributed by atoms with E-state index in [1.807, 2.05) is 0 Å². The van der Waals surface area contributed by atoms with Crippen molar-refractivity contribution in [2.75, 3.05) is 11.9 Å². The Morgan fingerprint density at radius 2 is 2.53 bits per heavy atom. The van der Waals surface area contributed by atoms with Crippen LogP contribution in [0.4, 0.5) is 5.82 Å². The van der Waals surface area contributed by atoms with E-state index in [0.717, 1.165) is 25.9 Å². The van der Waals surface area contributed by atoms with Gasteiger partial charge < -0.3 is 10.1 Å². The molecule has 1 N–H and O–H groups in total. The van der Waals surface area contributed by atoms with Crippen LogP contribution in [-0.4, -0.2) is 23.6 Å². The third-order valence-corrected chi connectivity index (χ3v) is 3.04. The van der Waals surface area contributed by atoms with Crippen LogP contribution in [0.15, 0.2) is 18.3 Å². The molecular formula is C12H15ClN2O2. The van der Waals surface area contributed by atoms with Gasteiger partial charge in [-0.15, -0.1) is 0 Å². The van der Waals surface area contributed by atoms with Crippen LogP contribution in [0.5, 0.6) is 0 Å². The Balaban J connectivity index is 1.79. The fraction of sp³-hybridized carbons (Fsp3) is 0.500. The second kappa shape index (κ2) is 5.98. The SMILES string of the molecule is O=C(CCC1CCCO1)Nc1ncccc1Cl. The molecule has 1 fully saturated rings. The summed E-state index contributed by atoms with van der Waals surface area (Å²) in [5, 5.41) is 3.15. The summed E-state index contributed by atoms with van der Waals surface area (Å²) in [5.41, 5.74) is 0. The second-order valence-corrected chi connectivity index (χ2v) is 4.46. The number of hydrogen-bond donors (Lipinski definition) is 1. The second-order valence-electron chi connectivity index (χ2n) is 4.06. The fourth-order valence-corrected chi connectivity index (χ4v) is 2.01. The van der Waals surface area contributed by atoms with Crippen LogP contribution in [0.25, 0.3) is 0 Å². The first-order valence-electron chi connectivity index (χ1n) is 5.77. The number of amides is 1. The van der Waals surface area contributed by atoms with Crippen LogP contribution < -0.4 is 5.32 Å². The van der Waals surface area contributed by atoms with Gasteiger partial charge in [0.15, 0.2) is 5.82 Å². The van der Waals surface area contributed by atoms with Crippen molar-refractivity contribution in [2.24, 2.45) is 0 Å². The quantitative estimate of drug-likeness (QED) is 0.899. The van der Waals surface area contributed by atoms with E-state index in [1.54, 1.807) is 18.3 Å². The summed E-state index contributed by atoms with van der Waals surface area (Å²) in [6.07, 6.45) is 5.19. The standard InChI is InChI=1S/C12H15ClN2O2/c13-10-4-1-7-14-12(10)15-11(16)6-5-9-3-2-8-17-9/h1,4,7,9H,2-3,5-6,8H2,(H,14,15,16). The number of nitrogens with zero attached hydrogens (tertiary/aromatic N) is 1. The average molecular weight is 255 g/mol. The lowest BCUT2D eigenvalue weighted by Crippen LogP contribution is -2.16. The molecule has 92 valence electrons. The van der Waals surface area contributed by atoms with E-state index in [-0.39, 0.29) is 12.0 Å². The third-order valence-electron chi connectivity index (χ3n) is 2.73. The maximum Gasteiger partial charge on any atom is 0.225 e. The van der Waals surface area contributed by atoms with Crippen molar-refractivity contribution in [1.29, 1.82) is 0 Å². The average Bonchev–Trinajstić information content (AvgIpc) is 2.82. The van der Waals surface area contributed by atoms with E-state index in [1.165, 1.54) is 0 Å². The molecule has 0 radical (unpaired) electrons. The minimum Gasteiger partial charge on any atom is -0.378 e. The largest absolute Gasteiger partial charge is 0.378 e. The van der Waals surface area contributed by atoms with Crippen molar-refractivity contribution >= 4 is 23.3 Å². The van der Waals surface area contributed by atoms with Crippen molar-refractivity contribution in [3.05, 3.63) is 23.4 Å². The number of hydrogen-bond acceptors (Lipinski definition) is 3. The third kappa shape index (κ3) is 3.68. The summed E-state index contributed by atoms with van der Waals surface area (Å²) in [6, 6.07) is 3.43. The first-order chi connectivity index (χ1) is 8.25. The lowest BCUT2D eigenvalue weighted by atomic mass is 10.1. The van der Waals surface area contributed by atoms with Crippen molar-refractivity contribution in [1.82, 2.24) is 4.98 Å². The van der Waals surface area contributed by atoms with E-state index in [4.69, 9.17) is 16.3 Å². The van der Waals surface area contributed by atoms with E-state index < -0.39 is 0 Å². The molecule has 1 amide bonds. The first kappa shape index (κ1) is 12.3. The van der Waals surface area contributed by atoms with Crippen LogP contribution in [0.1, 0.15) is 25.7 Å². The molecule has 4 nitrogen and oxygen atoms in total. The first-order valence-corrected chi connectivity index (χ1v) is 6.15. The number of nitrogens with one attached hydrogen (secondary N) is 1. The van der Waals surface area contributed by atoms with Gasteiger partial charge in [0.1, 0.15) is 0 Å². The van der Waals surface area contributed by atoms with Gasteiger partial charge in [-0.25, -0.2) is 4.98 Å². The Morgan fingerprint density at radius 1 is 1.65 bits per heavy atom. The molecule has 1 unspecified atom stereocenters. The van der Waals surface area contributed by atoms with Gasteiger partial charge in [-0.1, -0.05) is 11.6 Å². The number of aromatic nitrogens is 1. The van der Waals surface area contributed by atoms with Gasteiger partial charge in [0.25, 0.3) is 0 Å². The summed E-state index contributed by atoms with van der Waals surface area (Å²) in [5.74, 6) is 0.354. The molecule has 0 aromatic carbocycles. The Morgan fingerprint density at radius 3 is 3.24 bits per heavy atom. The Bertz CT molecular complexity index is 392. The zero-order chi connectivity index (χ0) is 12.1. The van der Waals surface area contributed by atoms with E-state index in [0.29, 0.717) is 17.3 Å². The molecule has 5 heteroatoms. The van der Waals surface area contributed by atoms with Gasteiger partial charge in [0.05, 0.1) is 11.1 Å². The highest BCUT2D eigenvalue weighted by Crippen LogP contribution is 2.19. The van der Waals surface area contributed by atoms with E-state index >= 15 is 0 Å². The maximum absolute atomic E-state index is 11.7. The van der Waals surface area contributed by atoms with Crippen LogP contribution in [-0.2, 0) is 9.53 Å². The van der Waals surface area contributed by atoms with Gasteiger partial charge in [-0.2, -0.15) is 0 Å². The molecule has 1 saturated heterocycles. The molecule has 1 aliphatic rings. The lowest BCUT2D eigenvalue weighted by Gasteiger charge is -2.09. The number of anilines is 1. The van der Waals surface area contributed by atoms with Crippen molar-refractivity contribution < 1.29 is 9.53 Å². The fourth-order valence-electron chi connectivity index (χ4n) is 1.84. The summed E-state index contributed by atoms with van der Waals surface area (Å²) in [4.78, 5) is 15.7. The molecule has 1 atom stereocenters. The number of rotatable bonds is 4. The molecule has 2 heterocycles. The molecular weight excluding hydrogens is 240 g/mol. The number of pyridine rings is 1. The Hall–Kier alpha value is -1.13. The number of halogens is 1. The summed E-state index contributed by atoms with van der Waals surface area (Å²) in [7, 11) is 0. The van der Waals surface area contributed by atoms with Gasteiger partial charge in [0, 0.05) is 19.2 Å². The summed E-state index contributed by atoms with van der Waals surface area (Å²) < 4.78 is 5.46. The van der Waals surface area contributed by atoms with Crippen molar-refractivity contribution in [3.63, 3.8) is 0 Å². The monoisotopic (exact) mass is 254 g/mol. The highest BCUT2D eigenvalue weighted by atomic mass is 35.5. The van der Waals surface area contributed by atoms with Crippen LogP contribution in [0.2, 0.25) is 5.02 Å². The summed E-state index contributed by atoms with van der Waals surface area (Å²) in [6.45, 7) is 0.818. The summed E-state index contributed by atoms with van der Waals surface area (Å²) >= 11 is 5.89. The molecule has 0 saturated carbocycles. The van der Waals surface area contributed by atoms with Crippen LogP contribution in [0, 0.1) is 0 Å². The Kier molecular flexibility index (Phi) is 4.34. The normalized spacial score (nSPS) is 19.2. The van der Waals surface area contributed by atoms with E-state index in [2.05, 4.69) is 10.3 Å². The molecule has 17 heavy (non-hydrogen) atoms. The van der Waals surface area contributed by atoms with E-state index in [9.17, 15) is 4.79 Å². The topological polar surface area (TPSA) is 51.2 Å². The molecule has 1 aliphatic heterocycles. The zero-order valence-corrected chi connectivity index (χ0v) is 10.2. The van der Waals surface area contributed by atoms with Gasteiger partial charge >= 0.3 is 0 Å². The number of carbonyl (C=O) groups excluding carboxylic acids is 1. The molecule has 1 aromatic heterocycles. The predicted molar refractivity (Wildman–Crippen MR) is 66.1 cm³/mol. The molecule has 2 rings (SSSR count). The minimum absolute atomic E-state index is 0.0684. The molecule has 0 aliphatic carbocycles. The highest BCUT2D eigenvalue weighted by Gasteiger charge is 2.17. The van der Waals surface area contributed by atoms with Crippen LogP contribution in [0.3, 0.4) is 0 Å². The molecule has 0 spiro atoms. The zero-order valence-electron chi connectivity index (χ0n) is 9.49. The van der Waals surface area contributed by atoms with Crippen LogP contribution >= 0.6 is 11.6 Å². The number of ether oxygens (including phenoxy) is 1. The Labute approximate surface area is 105 Å². The minimum atomic E-state index is -0.0684. The molecule has 1 aromatic rings. The predicted octanol–water partition coefficient (Wildman–Crippen LogP) is 2.63. The van der Waals surface area contributed by atoms with Crippen molar-refractivity contribution in [2.45, 2.75) is 31.8 Å². The van der Waals surface area contributed by atoms with Gasteiger partial charge in [-0.3, -0.25) is 4.79 Å². The molecule has 0 bridgehead atoms. The highest BCUT2D eigenvalue weighted by molar-refractivity contribution is 6.33. The number of carbonyl (C=O) groups is 1. The smallest absolute Gasteiger partial charge is 0.225 e. The maximum atomic E-state index is 11.7. The lowest BCUT2D eigenvalue weighted by molar-refractivity contribution is -0.116.